The largest absolute Gasteiger partial charge is 0.112 e. The summed E-state index contributed by atoms with van der Waals surface area (Å²) in [6.07, 6.45) is 4.65. The summed E-state index contributed by atoms with van der Waals surface area (Å²) in [5.74, 6) is 0. The molecule has 0 saturated carbocycles. The van der Waals surface area contributed by atoms with Crippen molar-refractivity contribution in [1.29, 1.82) is 0 Å². The Balaban J connectivity index is 1.41. The number of rotatable bonds is 11. The lowest BCUT2D eigenvalue weighted by Crippen LogP contribution is -2.34. The predicted octanol–water partition coefficient (Wildman–Crippen LogP) is 7.75. The molecule has 0 unspecified atom stereocenters. The van der Waals surface area contributed by atoms with Gasteiger partial charge in [-0.2, -0.15) is 0 Å². The molecule has 0 N–H and O–H groups in total. The van der Waals surface area contributed by atoms with Crippen molar-refractivity contribution in [3.05, 3.63) is 182 Å². The van der Waals surface area contributed by atoms with Crippen molar-refractivity contribution in [2.45, 2.75) is 12.8 Å². The summed E-state index contributed by atoms with van der Waals surface area (Å²) >= 11 is 0. The Kier molecular flexibility index (Phi) is 9.06. The minimum atomic E-state index is -1.84. The Morgan fingerprint density at radius 1 is 0.238 bits per heavy atom. The number of unbranched alkanes of at least 4 members (excludes halogenated alkanes) is 1. The molecule has 6 rings (SSSR count). The van der Waals surface area contributed by atoms with Crippen LogP contribution >= 0.6 is 14.5 Å². The SMILES string of the molecule is c1ccc([P+](CCCC[P+](c2ccccc2)(c2ccccc2)c2ccccc2)(c2ccccc2)c2ccccc2)cc1. The van der Waals surface area contributed by atoms with E-state index in [9.17, 15) is 0 Å². The molecule has 0 aromatic heterocycles. The molecule has 0 aliphatic rings. The summed E-state index contributed by atoms with van der Waals surface area (Å²) < 4.78 is 0. The second-order valence-electron chi connectivity index (χ2n) is 10.8. The van der Waals surface area contributed by atoms with Gasteiger partial charge in [0.2, 0.25) is 0 Å². The minimum Gasteiger partial charge on any atom is -0.0620 e. The van der Waals surface area contributed by atoms with Gasteiger partial charge in [-0.15, -0.1) is 0 Å². The summed E-state index contributed by atoms with van der Waals surface area (Å²) in [6.45, 7) is 0. The lowest BCUT2D eigenvalue weighted by Gasteiger charge is -2.29. The summed E-state index contributed by atoms with van der Waals surface area (Å²) in [5, 5.41) is 8.82. The second kappa shape index (κ2) is 13.4. The smallest absolute Gasteiger partial charge is 0.0620 e. The molecule has 2 heteroatoms. The molecular weight excluding hydrogens is 542 g/mol. The van der Waals surface area contributed by atoms with Crippen LogP contribution < -0.4 is 31.8 Å². The molecule has 0 aliphatic carbocycles. The molecule has 0 spiro atoms. The molecule has 6 aromatic carbocycles. The molecule has 0 aliphatic heterocycles. The van der Waals surface area contributed by atoms with Crippen LogP contribution in [0, 0.1) is 0 Å². The first kappa shape index (κ1) is 28.3. The highest BCUT2D eigenvalue weighted by Gasteiger charge is 2.47. The third kappa shape index (κ3) is 5.63. The highest BCUT2D eigenvalue weighted by Crippen LogP contribution is 2.58. The Bertz CT molecular complexity index is 1310. The van der Waals surface area contributed by atoms with Crippen LogP contribution in [0.2, 0.25) is 0 Å². The number of hydrogen-bond donors (Lipinski definition) is 0. The molecular formula is C40H38P2+2. The van der Waals surface area contributed by atoms with Gasteiger partial charge in [-0.1, -0.05) is 109 Å². The Labute approximate surface area is 252 Å². The summed E-state index contributed by atoms with van der Waals surface area (Å²) in [6, 6.07) is 67.8. The van der Waals surface area contributed by atoms with Crippen molar-refractivity contribution >= 4 is 46.4 Å². The second-order valence-corrected chi connectivity index (χ2v) is 18.0. The molecule has 206 valence electrons. The highest BCUT2D eigenvalue weighted by atomic mass is 31.2. The maximum absolute atomic E-state index is 2.36. The Morgan fingerprint density at radius 3 is 0.571 bits per heavy atom. The van der Waals surface area contributed by atoms with Gasteiger partial charge in [0.1, 0.15) is 46.4 Å². The lowest BCUT2D eigenvalue weighted by atomic mass is 10.3. The van der Waals surface area contributed by atoms with E-state index in [-0.39, 0.29) is 0 Å². The summed E-state index contributed by atoms with van der Waals surface area (Å²) in [7, 11) is -3.68. The monoisotopic (exact) mass is 580 g/mol. The van der Waals surface area contributed by atoms with E-state index in [0.29, 0.717) is 0 Å². The molecule has 0 heterocycles. The van der Waals surface area contributed by atoms with Gasteiger partial charge in [0.15, 0.2) is 0 Å². The summed E-state index contributed by atoms with van der Waals surface area (Å²) in [4.78, 5) is 0. The maximum atomic E-state index is 2.36. The van der Waals surface area contributed by atoms with Crippen LogP contribution in [0.1, 0.15) is 12.8 Å². The van der Waals surface area contributed by atoms with Crippen molar-refractivity contribution < 1.29 is 0 Å². The van der Waals surface area contributed by atoms with Crippen LogP contribution in [0.5, 0.6) is 0 Å². The fourth-order valence-electron chi connectivity index (χ4n) is 6.46. The van der Waals surface area contributed by atoms with Gasteiger partial charge in [0, 0.05) is 0 Å². The first-order valence-corrected chi connectivity index (χ1v) is 18.9. The Morgan fingerprint density at radius 2 is 0.405 bits per heavy atom. The average Bonchev–Trinajstić information content (AvgIpc) is 3.09. The van der Waals surface area contributed by atoms with Crippen LogP contribution in [0.4, 0.5) is 0 Å². The molecule has 0 amide bonds. The van der Waals surface area contributed by atoms with Crippen molar-refractivity contribution in [2.24, 2.45) is 0 Å². The predicted molar refractivity (Wildman–Crippen MR) is 189 cm³/mol. The van der Waals surface area contributed by atoms with Crippen molar-refractivity contribution in [2.75, 3.05) is 12.3 Å². The van der Waals surface area contributed by atoms with Gasteiger partial charge in [0.05, 0.1) is 12.3 Å². The zero-order valence-corrected chi connectivity index (χ0v) is 25.8. The molecule has 0 radical (unpaired) electrons. The van der Waals surface area contributed by atoms with Gasteiger partial charge in [-0.05, 0) is 85.6 Å². The van der Waals surface area contributed by atoms with E-state index in [0.717, 1.165) is 12.3 Å². The first-order valence-electron chi connectivity index (χ1n) is 14.9. The Hall–Kier alpha value is -3.82. The molecule has 42 heavy (non-hydrogen) atoms. The first-order chi connectivity index (χ1) is 20.8. The van der Waals surface area contributed by atoms with Crippen LogP contribution in [-0.4, -0.2) is 12.3 Å². The van der Waals surface area contributed by atoms with Crippen molar-refractivity contribution in [3.8, 4) is 0 Å². The van der Waals surface area contributed by atoms with E-state index >= 15 is 0 Å². The van der Waals surface area contributed by atoms with Gasteiger partial charge in [-0.3, -0.25) is 0 Å². The van der Waals surface area contributed by atoms with Gasteiger partial charge in [-0.25, -0.2) is 0 Å². The quantitative estimate of drug-likeness (QED) is 0.109. The zero-order valence-electron chi connectivity index (χ0n) is 24.0. The van der Waals surface area contributed by atoms with E-state index in [1.54, 1.807) is 0 Å². The molecule has 6 aromatic rings. The zero-order chi connectivity index (χ0) is 28.5. The van der Waals surface area contributed by atoms with Gasteiger partial charge in [0.25, 0.3) is 0 Å². The van der Waals surface area contributed by atoms with E-state index < -0.39 is 14.5 Å². The van der Waals surface area contributed by atoms with Gasteiger partial charge >= 0.3 is 0 Å². The molecule has 0 bridgehead atoms. The van der Waals surface area contributed by atoms with Crippen molar-refractivity contribution in [1.82, 2.24) is 0 Å². The van der Waals surface area contributed by atoms with E-state index in [4.69, 9.17) is 0 Å². The van der Waals surface area contributed by atoms with Crippen LogP contribution in [0.25, 0.3) is 0 Å². The topological polar surface area (TPSA) is 0 Å². The van der Waals surface area contributed by atoms with Crippen LogP contribution in [0.3, 0.4) is 0 Å². The van der Waals surface area contributed by atoms with E-state index in [2.05, 4.69) is 182 Å². The lowest BCUT2D eigenvalue weighted by molar-refractivity contribution is 0.897. The summed E-state index contributed by atoms with van der Waals surface area (Å²) in [5.41, 5.74) is 0. The number of benzene rings is 6. The molecule has 0 saturated heterocycles. The van der Waals surface area contributed by atoms with Crippen LogP contribution in [-0.2, 0) is 0 Å². The third-order valence-electron chi connectivity index (χ3n) is 8.42. The molecule has 0 nitrogen and oxygen atoms in total. The minimum absolute atomic E-state index is 1.16. The van der Waals surface area contributed by atoms with E-state index in [1.165, 1.54) is 44.7 Å². The van der Waals surface area contributed by atoms with Crippen molar-refractivity contribution in [3.63, 3.8) is 0 Å². The number of hydrogen-bond acceptors (Lipinski definition) is 0. The van der Waals surface area contributed by atoms with Gasteiger partial charge < -0.3 is 0 Å². The average molecular weight is 581 g/mol. The molecule has 0 fully saturated rings. The third-order valence-corrected chi connectivity index (χ3v) is 17.5. The standard InChI is InChI=1S/C40H38P2/c1-7-21-35(22-8-1)41(36-23-9-2-10-24-36,37-25-11-3-12-26-37)33-19-20-34-42(38-27-13-4-14-28-38,39-29-15-5-16-30-39)40-31-17-6-18-32-40/h1-18,21-32H,19-20,33-34H2/q+2. The maximum Gasteiger partial charge on any atom is 0.112 e. The normalized spacial score (nSPS) is 11.7. The van der Waals surface area contributed by atoms with E-state index in [1.807, 2.05) is 0 Å². The highest BCUT2D eigenvalue weighted by molar-refractivity contribution is 7.96. The fourth-order valence-corrected chi connectivity index (χ4v) is 15.3. The van der Waals surface area contributed by atoms with Crippen LogP contribution in [0.15, 0.2) is 182 Å². The fraction of sp³-hybridized carbons (Fsp3) is 0.100. The molecule has 0 atom stereocenters.